The van der Waals surface area contributed by atoms with E-state index < -0.39 is 35.7 Å². The summed E-state index contributed by atoms with van der Waals surface area (Å²) in [5.41, 5.74) is 7.23. The van der Waals surface area contributed by atoms with E-state index >= 15 is 0 Å². The van der Waals surface area contributed by atoms with Gasteiger partial charge in [0.05, 0.1) is 12.8 Å². The van der Waals surface area contributed by atoms with E-state index in [1.54, 1.807) is 63.2 Å². The molecule has 2 atom stereocenters. The summed E-state index contributed by atoms with van der Waals surface area (Å²) in [6, 6.07) is 10.3. The molecule has 2 heterocycles. The van der Waals surface area contributed by atoms with Gasteiger partial charge in [0.25, 0.3) is 0 Å². The summed E-state index contributed by atoms with van der Waals surface area (Å²) in [7, 11) is 1.24. The number of nitrogens with one attached hydrogen (secondary N) is 2. The lowest BCUT2D eigenvalue weighted by Gasteiger charge is -2.25. The average molecular weight is 456 g/mol. The highest BCUT2D eigenvalue weighted by molar-refractivity contribution is 5.90. The van der Waals surface area contributed by atoms with Gasteiger partial charge >= 0.3 is 12.1 Å². The SMILES string of the molecule is COC(=O)[C@H]1Cc2ccc(N)c(c2)Oc2ccc(cc2)C[C@H](NC(=O)OC(C)(C)C)C(=O)N1. The first kappa shape index (κ1) is 23.9. The van der Waals surface area contributed by atoms with Gasteiger partial charge < -0.3 is 30.6 Å². The summed E-state index contributed by atoms with van der Waals surface area (Å²) >= 11 is 0. The van der Waals surface area contributed by atoms with Crippen molar-refractivity contribution in [2.75, 3.05) is 12.8 Å². The molecule has 0 aliphatic carbocycles. The summed E-state index contributed by atoms with van der Waals surface area (Å²) in [5.74, 6) is -0.152. The van der Waals surface area contributed by atoms with Gasteiger partial charge in [-0.15, -0.1) is 0 Å². The Morgan fingerprint density at radius 3 is 2.39 bits per heavy atom. The molecule has 0 fully saturated rings. The van der Waals surface area contributed by atoms with Crippen molar-refractivity contribution in [2.45, 2.75) is 51.3 Å². The highest BCUT2D eigenvalue weighted by Gasteiger charge is 2.29. The molecule has 2 aromatic rings. The fourth-order valence-corrected chi connectivity index (χ4v) is 3.35. The second kappa shape index (κ2) is 9.81. The lowest BCUT2D eigenvalue weighted by molar-refractivity contribution is -0.145. The van der Waals surface area contributed by atoms with E-state index in [0.29, 0.717) is 22.7 Å². The van der Waals surface area contributed by atoms with Crippen LogP contribution in [0.3, 0.4) is 0 Å². The Balaban J connectivity index is 1.97. The van der Waals surface area contributed by atoms with Crippen molar-refractivity contribution in [1.29, 1.82) is 0 Å². The quantitative estimate of drug-likeness (QED) is 0.469. The van der Waals surface area contributed by atoms with Crippen LogP contribution < -0.4 is 21.1 Å². The Morgan fingerprint density at radius 2 is 1.76 bits per heavy atom. The summed E-state index contributed by atoms with van der Waals surface area (Å²) in [5, 5.41) is 5.31. The van der Waals surface area contributed by atoms with E-state index in [9.17, 15) is 14.4 Å². The van der Waals surface area contributed by atoms with Gasteiger partial charge in [-0.25, -0.2) is 9.59 Å². The number of fused-ring (bicyclic) bond motifs is 7. The fourth-order valence-electron chi connectivity index (χ4n) is 3.35. The van der Waals surface area contributed by atoms with Crippen molar-refractivity contribution >= 4 is 23.7 Å². The summed E-state index contributed by atoms with van der Waals surface area (Å²) < 4.78 is 16.1. The van der Waals surface area contributed by atoms with Crippen LogP contribution in [0, 0.1) is 0 Å². The number of benzene rings is 2. The first-order valence-corrected chi connectivity index (χ1v) is 10.6. The van der Waals surface area contributed by atoms with E-state index in [2.05, 4.69) is 10.6 Å². The lowest BCUT2D eigenvalue weighted by Crippen LogP contribution is -2.53. The molecule has 0 spiro atoms. The second-order valence-corrected chi connectivity index (χ2v) is 8.81. The molecule has 0 saturated heterocycles. The number of alkyl carbamates (subject to hydrolysis) is 1. The molecule has 4 rings (SSSR count). The number of carbonyl (C=O) groups is 3. The summed E-state index contributed by atoms with van der Waals surface area (Å²) in [4.78, 5) is 38.0. The molecule has 0 saturated carbocycles. The normalized spacial score (nSPS) is 18.4. The predicted molar refractivity (Wildman–Crippen MR) is 122 cm³/mol. The number of esters is 1. The third-order valence-corrected chi connectivity index (χ3v) is 4.92. The Hall–Kier alpha value is -3.75. The maximum atomic E-state index is 13.2. The maximum Gasteiger partial charge on any atom is 0.408 e. The van der Waals surface area contributed by atoms with Gasteiger partial charge in [-0.2, -0.15) is 0 Å². The average Bonchev–Trinajstić information content (AvgIpc) is 2.74. The molecule has 2 aliphatic heterocycles. The molecule has 0 radical (unpaired) electrons. The van der Waals surface area contributed by atoms with Crippen LogP contribution in [0.2, 0.25) is 0 Å². The van der Waals surface area contributed by atoms with E-state index in [-0.39, 0.29) is 12.8 Å². The van der Waals surface area contributed by atoms with Crippen LogP contribution in [0.5, 0.6) is 11.5 Å². The van der Waals surface area contributed by atoms with Crippen LogP contribution in [-0.4, -0.2) is 42.8 Å². The fraction of sp³-hybridized carbons (Fsp3) is 0.375. The molecule has 0 aromatic heterocycles. The van der Waals surface area contributed by atoms with Crippen LogP contribution in [0.25, 0.3) is 0 Å². The van der Waals surface area contributed by atoms with Gasteiger partial charge in [0.15, 0.2) is 5.75 Å². The largest absolute Gasteiger partial charge is 0.467 e. The Morgan fingerprint density at radius 1 is 1.09 bits per heavy atom. The van der Waals surface area contributed by atoms with Crippen LogP contribution in [0.1, 0.15) is 31.9 Å². The topological polar surface area (TPSA) is 129 Å². The molecular formula is C24H29N3O6. The smallest absolute Gasteiger partial charge is 0.408 e. The third kappa shape index (κ3) is 6.61. The molecule has 0 unspecified atom stereocenters. The highest BCUT2D eigenvalue weighted by atomic mass is 16.6. The lowest BCUT2D eigenvalue weighted by atomic mass is 10.0. The molecule has 9 heteroatoms. The Labute approximate surface area is 192 Å². The van der Waals surface area contributed by atoms with Crippen LogP contribution >= 0.6 is 0 Å². The van der Waals surface area contributed by atoms with Crippen molar-refractivity contribution in [3.63, 3.8) is 0 Å². The molecule has 4 bridgehead atoms. The van der Waals surface area contributed by atoms with E-state index in [1.807, 2.05) is 0 Å². The minimum atomic E-state index is -0.983. The van der Waals surface area contributed by atoms with Crippen molar-refractivity contribution in [1.82, 2.24) is 10.6 Å². The maximum absolute atomic E-state index is 13.2. The molecule has 2 aromatic carbocycles. The zero-order valence-corrected chi connectivity index (χ0v) is 19.1. The number of nitrogen functional groups attached to an aromatic ring is 1. The molecule has 9 nitrogen and oxygen atoms in total. The number of nitrogens with two attached hydrogens (primary N) is 1. The molecule has 4 N–H and O–H groups in total. The summed E-state index contributed by atoms with van der Waals surface area (Å²) in [6.07, 6.45) is -0.417. The van der Waals surface area contributed by atoms with Crippen LogP contribution in [0.4, 0.5) is 10.5 Å². The first-order chi connectivity index (χ1) is 15.5. The molecule has 2 amide bonds. The van der Waals surface area contributed by atoms with E-state index in [0.717, 1.165) is 5.56 Å². The predicted octanol–water partition coefficient (Wildman–Crippen LogP) is 2.71. The number of hydrogen-bond acceptors (Lipinski definition) is 7. The third-order valence-electron chi connectivity index (χ3n) is 4.92. The van der Waals surface area contributed by atoms with Gasteiger partial charge in [0.1, 0.15) is 23.4 Å². The number of hydrogen-bond donors (Lipinski definition) is 3. The standard InChI is InChI=1S/C24H29N3O6/c1-24(2,3)33-23(30)27-18-11-14-5-8-16(9-6-14)32-20-13-15(7-10-17(20)25)12-19(22(29)31-4)26-21(18)28/h5-10,13,18-19H,11-12,25H2,1-4H3,(H,26,28)(H,27,30)/t18-,19+/m0/s1. The minimum Gasteiger partial charge on any atom is -0.467 e. The second-order valence-electron chi connectivity index (χ2n) is 8.81. The monoisotopic (exact) mass is 455 g/mol. The molecule has 2 aliphatic rings. The van der Waals surface area contributed by atoms with Crippen LogP contribution in [0.15, 0.2) is 42.5 Å². The van der Waals surface area contributed by atoms with E-state index in [4.69, 9.17) is 19.9 Å². The number of ether oxygens (including phenoxy) is 3. The number of carbonyl (C=O) groups excluding carboxylic acids is 3. The Kier molecular flexibility index (Phi) is 7.10. The van der Waals surface area contributed by atoms with Gasteiger partial charge in [-0.3, -0.25) is 4.79 Å². The van der Waals surface area contributed by atoms with Crippen molar-refractivity contribution < 1.29 is 28.6 Å². The van der Waals surface area contributed by atoms with Crippen molar-refractivity contribution in [2.24, 2.45) is 0 Å². The minimum absolute atomic E-state index is 0.145. The number of amides is 2. The van der Waals surface area contributed by atoms with Gasteiger partial charge in [0.2, 0.25) is 5.91 Å². The number of rotatable bonds is 2. The highest BCUT2D eigenvalue weighted by Crippen LogP contribution is 2.29. The van der Waals surface area contributed by atoms with Gasteiger partial charge in [-0.05, 0) is 56.2 Å². The number of methoxy groups -OCH3 is 1. The molecule has 176 valence electrons. The van der Waals surface area contributed by atoms with Crippen molar-refractivity contribution in [3.05, 3.63) is 53.6 Å². The molecule has 33 heavy (non-hydrogen) atoms. The van der Waals surface area contributed by atoms with Gasteiger partial charge in [-0.1, -0.05) is 18.2 Å². The zero-order valence-electron chi connectivity index (χ0n) is 19.1. The summed E-state index contributed by atoms with van der Waals surface area (Å²) in [6.45, 7) is 5.19. The van der Waals surface area contributed by atoms with Gasteiger partial charge in [0, 0.05) is 12.8 Å². The molecular weight excluding hydrogens is 426 g/mol. The van der Waals surface area contributed by atoms with Crippen molar-refractivity contribution in [3.8, 4) is 11.5 Å². The van der Waals surface area contributed by atoms with Crippen LogP contribution in [-0.2, 0) is 31.9 Å². The number of anilines is 1. The van der Waals surface area contributed by atoms with E-state index in [1.165, 1.54) is 7.11 Å². The zero-order chi connectivity index (χ0) is 24.2. The Bertz CT molecular complexity index is 1030. The first-order valence-electron chi connectivity index (χ1n) is 10.6.